The van der Waals surface area contributed by atoms with Crippen molar-refractivity contribution < 1.29 is 33.4 Å². The Morgan fingerprint density at radius 3 is 2.74 bits per heavy atom. The number of carbonyl (C=O) groups is 4. The van der Waals surface area contributed by atoms with Crippen LogP contribution in [0.2, 0.25) is 0 Å². The van der Waals surface area contributed by atoms with Gasteiger partial charge in [0.25, 0.3) is 5.91 Å². The van der Waals surface area contributed by atoms with Crippen LogP contribution in [-0.2, 0) is 19.9 Å². The number of benzene rings is 1. The zero-order chi connectivity index (χ0) is 22.3. The molecular formula is C20H22N4O7. The van der Waals surface area contributed by atoms with Crippen LogP contribution in [0.3, 0.4) is 0 Å². The molecule has 0 saturated carbocycles. The Morgan fingerprint density at radius 1 is 1.26 bits per heavy atom. The third kappa shape index (κ3) is 3.41. The van der Waals surface area contributed by atoms with E-state index in [-0.39, 0.29) is 31.2 Å². The van der Waals surface area contributed by atoms with Crippen molar-refractivity contribution in [3.8, 4) is 11.5 Å². The van der Waals surface area contributed by atoms with Crippen molar-refractivity contribution in [1.29, 1.82) is 0 Å². The van der Waals surface area contributed by atoms with Crippen molar-refractivity contribution in [2.75, 3.05) is 19.9 Å². The first kappa shape index (κ1) is 20.5. The van der Waals surface area contributed by atoms with Crippen LogP contribution in [-0.4, -0.2) is 54.8 Å². The van der Waals surface area contributed by atoms with E-state index in [4.69, 9.17) is 14.2 Å². The number of nitrogens with zero attached hydrogens (tertiary/aromatic N) is 1. The average Bonchev–Trinajstić information content (AvgIpc) is 3.26. The first-order valence-electron chi connectivity index (χ1n) is 9.76. The fraction of sp³-hybridized carbons (Fsp3) is 0.400. The second kappa shape index (κ2) is 7.49. The highest BCUT2D eigenvalue weighted by molar-refractivity contribution is 6.07. The Kier molecular flexibility index (Phi) is 4.96. The molecule has 0 radical (unpaired) electrons. The van der Waals surface area contributed by atoms with Gasteiger partial charge in [0, 0.05) is 0 Å². The molecule has 31 heavy (non-hydrogen) atoms. The fourth-order valence-electron chi connectivity index (χ4n) is 3.81. The highest BCUT2D eigenvalue weighted by Gasteiger charge is 2.50. The summed E-state index contributed by atoms with van der Waals surface area (Å²) in [7, 11) is 0. The van der Waals surface area contributed by atoms with Crippen molar-refractivity contribution in [3.63, 3.8) is 0 Å². The zero-order valence-corrected chi connectivity index (χ0v) is 17.2. The molecule has 4 rings (SSSR count). The van der Waals surface area contributed by atoms with Crippen LogP contribution >= 0.6 is 0 Å². The number of esters is 1. The van der Waals surface area contributed by atoms with Crippen LogP contribution in [0.25, 0.3) is 0 Å². The van der Waals surface area contributed by atoms with Gasteiger partial charge in [-0.2, -0.15) is 0 Å². The van der Waals surface area contributed by atoms with Crippen LogP contribution < -0.4 is 25.4 Å². The molecule has 0 unspecified atom stereocenters. The number of rotatable bonds is 5. The first-order chi connectivity index (χ1) is 14.7. The Bertz CT molecular complexity index is 1020. The molecule has 11 nitrogen and oxygen atoms in total. The van der Waals surface area contributed by atoms with Crippen molar-refractivity contribution in [1.82, 2.24) is 20.9 Å². The van der Waals surface area contributed by atoms with Crippen molar-refractivity contribution in [2.45, 2.75) is 32.4 Å². The van der Waals surface area contributed by atoms with E-state index in [1.165, 1.54) is 0 Å². The van der Waals surface area contributed by atoms with E-state index in [2.05, 4.69) is 16.0 Å². The Hall–Kier alpha value is -3.76. The molecule has 0 aliphatic carbocycles. The summed E-state index contributed by atoms with van der Waals surface area (Å²) in [4.78, 5) is 51.3. The molecule has 2 atom stereocenters. The highest BCUT2D eigenvalue weighted by atomic mass is 16.7. The SMILES string of the molecule is CCOC(=O)C1=C(CN2C(=O)N[C@@](C)(c3ccc4c(c3)OCO4)C2=O)NC(=O)N[C@@H]1C. The molecule has 1 aromatic rings. The molecule has 11 heteroatoms. The number of imide groups is 1. The van der Waals surface area contributed by atoms with Crippen LogP contribution in [0, 0.1) is 0 Å². The minimum Gasteiger partial charge on any atom is -0.463 e. The number of urea groups is 2. The summed E-state index contributed by atoms with van der Waals surface area (Å²) in [5, 5.41) is 7.79. The average molecular weight is 430 g/mol. The van der Waals surface area contributed by atoms with Gasteiger partial charge in [0.2, 0.25) is 6.79 Å². The maximum atomic E-state index is 13.3. The van der Waals surface area contributed by atoms with Gasteiger partial charge in [-0.25, -0.2) is 14.4 Å². The number of hydrogen-bond acceptors (Lipinski definition) is 7. The van der Waals surface area contributed by atoms with E-state index in [1.54, 1.807) is 39.0 Å². The van der Waals surface area contributed by atoms with Gasteiger partial charge in [0.15, 0.2) is 11.5 Å². The Balaban J connectivity index is 1.65. The van der Waals surface area contributed by atoms with Gasteiger partial charge < -0.3 is 30.2 Å². The summed E-state index contributed by atoms with van der Waals surface area (Å²) in [6, 6.07) is 3.14. The molecule has 5 amide bonds. The lowest BCUT2D eigenvalue weighted by molar-refractivity contribution is -0.139. The summed E-state index contributed by atoms with van der Waals surface area (Å²) in [5.41, 5.74) is -0.558. The molecule has 1 fully saturated rings. The quantitative estimate of drug-likeness (QED) is 0.462. The van der Waals surface area contributed by atoms with Gasteiger partial charge in [-0.1, -0.05) is 6.07 Å². The molecule has 3 aliphatic rings. The number of hydrogen-bond donors (Lipinski definition) is 3. The summed E-state index contributed by atoms with van der Waals surface area (Å²) in [5.74, 6) is -0.141. The maximum absolute atomic E-state index is 13.3. The van der Waals surface area contributed by atoms with E-state index >= 15 is 0 Å². The Morgan fingerprint density at radius 2 is 2.00 bits per heavy atom. The van der Waals surface area contributed by atoms with E-state index in [1.807, 2.05) is 0 Å². The van der Waals surface area contributed by atoms with Crippen LogP contribution in [0.4, 0.5) is 9.59 Å². The van der Waals surface area contributed by atoms with Gasteiger partial charge in [-0.05, 0) is 38.5 Å². The summed E-state index contributed by atoms with van der Waals surface area (Å²) in [6.45, 7) is 4.78. The van der Waals surface area contributed by atoms with Crippen molar-refractivity contribution in [2.24, 2.45) is 0 Å². The van der Waals surface area contributed by atoms with Crippen molar-refractivity contribution in [3.05, 3.63) is 35.0 Å². The molecule has 0 bridgehead atoms. The van der Waals surface area contributed by atoms with Crippen LogP contribution in [0.15, 0.2) is 29.5 Å². The normalized spacial score (nSPS) is 24.7. The standard InChI is InChI=1S/C20H22N4O7/c1-4-29-16(25)15-10(2)21-18(27)22-12(15)8-24-17(26)20(3,23-19(24)28)11-5-6-13-14(7-11)31-9-30-13/h5-7,10H,4,8-9H2,1-3H3,(H,23,28)(H2,21,22,27)/t10-,20+/m1/s1. The van der Waals surface area contributed by atoms with Gasteiger partial charge >= 0.3 is 18.0 Å². The number of ether oxygens (including phenoxy) is 3. The lowest BCUT2D eigenvalue weighted by atomic mass is 9.91. The molecule has 0 spiro atoms. The molecule has 3 heterocycles. The molecule has 1 aromatic carbocycles. The summed E-state index contributed by atoms with van der Waals surface area (Å²) in [6.07, 6.45) is 0. The monoisotopic (exact) mass is 430 g/mol. The third-order valence-corrected chi connectivity index (χ3v) is 5.41. The number of nitrogens with one attached hydrogen (secondary N) is 3. The zero-order valence-electron chi connectivity index (χ0n) is 17.2. The lowest BCUT2D eigenvalue weighted by Crippen LogP contribution is -2.52. The fourth-order valence-corrected chi connectivity index (χ4v) is 3.81. The molecule has 3 N–H and O–H groups in total. The second-order valence-corrected chi connectivity index (χ2v) is 7.45. The molecule has 3 aliphatic heterocycles. The largest absolute Gasteiger partial charge is 0.463 e. The van der Waals surface area contributed by atoms with Gasteiger partial charge in [-0.15, -0.1) is 0 Å². The first-order valence-corrected chi connectivity index (χ1v) is 9.76. The minimum atomic E-state index is -1.36. The third-order valence-electron chi connectivity index (χ3n) is 5.41. The predicted molar refractivity (Wildman–Crippen MR) is 105 cm³/mol. The van der Waals surface area contributed by atoms with Crippen LogP contribution in [0.5, 0.6) is 11.5 Å². The molecule has 0 aromatic heterocycles. The summed E-state index contributed by atoms with van der Waals surface area (Å²) >= 11 is 0. The topological polar surface area (TPSA) is 135 Å². The smallest absolute Gasteiger partial charge is 0.337 e. The predicted octanol–water partition coefficient (Wildman–Crippen LogP) is 0.701. The number of fused-ring (bicyclic) bond motifs is 1. The highest BCUT2D eigenvalue weighted by Crippen LogP contribution is 2.38. The van der Waals surface area contributed by atoms with E-state index in [0.29, 0.717) is 17.1 Å². The van der Waals surface area contributed by atoms with E-state index in [0.717, 1.165) is 4.90 Å². The van der Waals surface area contributed by atoms with Crippen LogP contribution in [0.1, 0.15) is 26.3 Å². The van der Waals surface area contributed by atoms with Gasteiger partial charge in [0.05, 0.1) is 30.5 Å². The molecule has 1 saturated heterocycles. The van der Waals surface area contributed by atoms with Gasteiger partial charge in [0.1, 0.15) is 5.54 Å². The maximum Gasteiger partial charge on any atom is 0.337 e. The molecule has 164 valence electrons. The van der Waals surface area contributed by atoms with E-state index in [9.17, 15) is 19.2 Å². The number of carbonyl (C=O) groups excluding carboxylic acids is 4. The van der Waals surface area contributed by atoms with Crippen molar-refractivity contribution >= 4 is 23.9 Å². The second-order valence-electron chi connectivity index (χ2n) is 7.45. The number of amides is 5. The Labute approximate surface area is 177 Å². The van der Waals surface area contributed by atoms with E-state index < -0.39 is 35.5 Å². The molecular weight excluding hydrogens is 408 g/mol. The minimum absolute atomic E-state index is 0.0820. The van der Waals surface area contributed by atoms with Gasteiger partial charge in [-0.3, -0.25) is 9.69 Å². The summed E-state index contributed by atoms with van der Waals surface area (Å²) < 4.78 is 15.7. The lowest BCUT2D eigenvalue weighted by Gasteiger charge is -2.28.